The minimum Gasteiger partial charge on any atom is -0.480 e. The highest BCUT2D eigenvalue weighted by molar-refractivity contribution is 8.13. The van der Waals surface area contributed by atoms with Crippen LogP contribution in [0.4, 0.5) is 13.2 Å². The first kappa shape index (κ1) is 18.2. The van der Waals surface area contributed by atoms with Crippen molar-refractivity contribution in [1.82, 2.24) is 5.32 Å². The van der Waals surface area contributed by atoms with E-state index in [0.29, 0.717) is 0 Å². The molecule has 1 rings (SSSR count). The Morgan fingerprint density at radius 1 is 1.23 bits per heavy atom. The van der Waals surface area contributed by atoms with Gasteiger partial charge in [-0.1, -0.05) is 12.1 Å². The van der Waals surface area contributed by atoms with Crippen LogP contribution >= 0.6 is 10.7 Å². The van der Waals surface area contributed by atoms with Gasteiger partial charge >= 0.3 is 18.1 Å². The fraction of sp³-hybridized carbons (Fsp3) is 0.273. The van der Waals surface area contributed by atoms with Crippen molar-refractivity contribution < 1.29 is 36.3 Å². The highest BCUT2D eigenvalue weighted by Gasteiger charge is 2.40. The fourth-order valence-electron chi connectivity index (χ4n) is 1.46. The molecule has 0 spiro atoms. The molecule has 0 unspecified atom stereocenters. The van der Waals surface area contributed by atoms with Crippen molar-refractivity contribution >= 4 is 31.6 Å². The van der Waals surface area contributed by atoms with E-state index >= 15 is 0 Å². The molecular weight excluding hydrogens is 351 g/mol. The molecule has 2 N–H and O–H groups in total. The standard InChI is InChI=1S/C11H9ClF3NO5S/c12-22(20,21)7-3-1-6(2-4-7)5-8(9(17)18)16-10(19)11(13,14)15/h1-4,8H,5H2,(H,16,19)(H,17,18)/t8-/m0/s1. The number of halogens is 4. The molecule has 0 aliphatic carbocycles. The van der Waals surface area contributed by atoms with Gasteiger partial charge in [-0.15, -0.1) is 0 Å². The highest BCUT2D eigenvalue weighted by atomic mass is 35.7. The third-order valence-corrected chi connectivity index (χ3v) is 3.88. The average molecular weight is 360 g/mol. The summed E-state index contributed by atoms with van der Waals surface area (Å²) in [6.07, 6.45) is -5.66. The average Bonchev–Trinajstić information content (AvgIpc) is 2.36. The van der Waals surface area contributed by atoms with Crippen LogP contribution in [0.5, 0.6) is 0 Å². The van der Waals surface area contributed by atoms with Crippen LogP contribution in [0, 0.1) is 0 Å². The Kier molecular flexibility index (Phi) is 5.41. The quantitative estimate of drug-likeness (QED) is 0.771. The molecule has 0 fully saturated rings. The van der Waals surface area contributed by atoms with Crippen LogP contribution in [-0.4, -0.2) is 37.6 Å². The van der Waals surface area contributed by atoms with Crippen LogP contribution in [0.2, 0.25) is 0 Å². The molecule has 6 nitrogen and oxygen atoms in total. The monoisotopic (exact) mass is 359 g/mol. The third kappa shape index (κ3) is 5.19. The Hall–Kier alpha value is -1.81. The SMILES string of the molecule is O=C(O)[C@H](Cc1ccc(S(=O)(=O)Cl)cc1)NC(=O)C(F)(F)F. The smallest absolute Gasteiger partial charge is 0.471 e. The van der Waals surface area contributed by atoms with Gasteiger partial charge in [-0.3, -0.25) is 4.79 Å². The maximum Gasteiger partial charge on any atom is 0.471 e. The van der Waals surface area contributed by atoms with Crippen LogP contribution in [0.25, 0.3) is 0 Å². The minimum absolute atomic E-state index is 0.207. The maximum absolute atomic E-state index is 12.1. The van der Waals surface area contributed by atoms with Gasteiger partial charge in [0.25, 0.3) is 9.05 Å². The number of carbonyl (C=O) groups excluding carboxylic acids is 1. The molecule has 1 atom stereocenters. The Morgan fingerprint density at radius 2 is 1.73 bits per heavy atom. The lowest BCUT2D eigenvalue weighted by atomic mass is 10.1. The number of alkyl halides is 3. The summed E-state index contributed by atoms with van der Waals surface area (Å²) in [7, 11) is 1.12. The van der Waals surface area contributed by atoms with Crippen LogP contribution in [0.15, 0.2) is 29.2 Å². The number of rotatable bonds is 5. The molecule has 0 aromatic heterocycles. The second-order valence-electron chi connectivity index (χ2n) is 4.15. The first-order valence-corrected chi connectivity index (χ1v) is 7.86. The fourth-order valence-corrected chi connectivity index (χ4v) is 2.23. The van der Waals surface area contributed by atoms with Gasteiger partial charge in [0.1, 0.15) is 6.04 Å². The van der Waals surface area contributed by atoms with E-state index in [1.807, 2.05) is 0 Å². The largest absolute Gasteiger partial charge is 0.480 e. The van der Waals surface area contributed by atoms with Crippen molar-refractivity contribution in [3.05, 3.63) is 29.8 Å². The summed E-state index contributed by atoms with van der Waals surface area (Å²) < 4.78 is 58.4. The molecule has 22 heavy (non-hydrogen) atoms. The Balaban J connectivity index is 2.89. The van der Waals surface area contributed by atoms with Crippen LogP contribution < -0.4 is 5.32 Å². The predicted octanol–water partition coefficient (Wildman–Crippen LogP) is 1.29. The van der Waals surface area contributed by atoms with E-state index in [0.717, 1.165) is 12.1 Å². The molecule has 0 aliphatic rings. The first-order chi connectivity index (χ1) is 9.91. The van der Waals surface area contributed by atoms with Crippen molar-refractivity contribution in [1.29, 1.82) is 0 Å². The normalized spacial score (nSPS) is 13.5. The molecule has 0 aliphatic heterocycles. The van der Waals surface area contributed by atoms with Crippen LogP contribution in [-0.2, 0) is 25.1 Å². The number of aliphatic carboxylic acids is 1. The minimum atomic E-state index is -5.20. The number of benzene rings is 1. The summed E-state index contributed by atoms with van der Waals surface area (Å²) in [6.45, 7) is 0. The second-order valence-corrected chi connectivity index (χ2v) is 6.71. The first-order valence-electron chi connectivity index (χ1n) is 5.55. The van der Waals surface area contributed by atoms with E-state index in [9.17, 15) is 31.2 Å². The molecule has 122 valence electrons. The highest BCUT2D eigenvalue weighted by Crippen LogP contribution is 2.17. The summed E-state index contributed by atoms with van der Waals surface area (Å²) in [5, 5.41) is 10.2. The van der Waals surface area contributed by atoms with Gasteiger partial charge in [0.15, 0.2) is 0 Å². The Bertz CT molecular complexity index is 672. The predicted molar refractivity (Wildman–Crippen MR) is 68.8 cm³/mol. The lowest BCUT2D eigenvalue weighted by Gasteiger charge is -2.15. The van der Waals surface area contributed by atoms with Gasteiger partial charge in [0.2, 0.25) is 0 Å². The molecular formula is C11H9ClF3NO5S. The number of amides is 1. The number of carboxylic acid groups (broad SMARTS) is 1. The number of nitrogens with one attached hydrogen (secondary N) is 1. The number of hydrogen-bond donors (Lipinski definition) is 2. The summed E-state index contributed by atoms with van der Waals surface area (Å²) in [4.78, 5) is 21.4. The van der Waals surface area contributed by atoms with E-state index in [1.165, 1.54) is 17.4 Å². The van der Waals surface area contributed by atoms with Crippen molar-refractivity contribution in [2.75, 3.05) is 0 Å². The molecule has 0 heterocycles. The van der Waals surface area contributed by atoms with E-state index in [1.54, 1.807) is 0 Å². The number of hydrogen-bond acceptors (Lipinski definition) is 4. The van der Waals surface area contributed by atoms with Gasteiger partial charge in [-0.25, -0.2) is 13.2 Å². The summed E-state index contributed by atoms with van der Waals surface area (Å²) >= 11 is 0. The van der Waals surface area contributed by atoms with Gasteiger partial charge in [0.05, 0.1) is 4.90 Å². The second kappa shape index (κ2) is 6.53. The summed E-state index contributed by atoms with van der Waals surface area (Å²) in [6, 6.07) is 2.70. The van der Waals surface area contributed by atoms with Crippen LogP contribution in [0.3, 0.4) is 0 Å². The zero-order chi connectivity index (χ0) is 17.1. The molecule has 0 bridgehead atoms. The number of carbonyl (C=O) groups is 2. The zero-order valence-electron chi connectivity index (χ0n) is 10.6. The van der Waals surface area contributed by atoms with E-state index in [4.69, 9.17) is 15.8 Å². The van der Waals surface area contributed by atoms with Gasteiger partial charge in [-0.05, 0) is 17.7 Å². The Labute approximate surface area is 127 Å². The lowest BCUT2D eigenvalue weighted by molar-refractivity contribution is -0.175. The van der Waals surface area contributed by atoms with Gasteiger partial charge in [-0.2, -0.15) is 13.2 Å². The van der Waals surface area contributed by atoms with Crippen molar-refractivity contribution in [2.24, 2.45) is 0 Å². The van der Waals surface area contributed by atoms with Gasteiger partial charge in [0, 0.05) is 17.1 Å². The summed E-state index contributed by atoms with van der Waals surface area (Å²) in [5.41, 5.74) is 0.207. The summed E-state index contributed by atoms with van der Waals surface area (Å²) in [5.74, 6) is -4.04. The maximum atomic E-state index is 12.1. The van der Waals surface area contributed by atoms with Crippen molar-refractivity contribution in [3.63, 3.8) is 0 Å². The Morgan fingerprint density at radius 3 is 2.09 bits per heavy atom. The third-order valence-electron chi connectivity index (χ3n) is 2.51. The molecule has 0 radical (unpaired) electrons. The van der Waals surface area contributed by atoms with E-state index < -0.39 is 39.6 Å². The molecule has 1 amide bonds. The van der Waals surface area contributed by atoms with Crippen LogP contribution in [0.1, 0.15) is 5.56 Å². The molecule has 0 saturated heterocycles. The number of carboxylic acids is 1. The molecule has 0 saturated carbocycles. The van der Waals surface area contributed by atoms with E-state index in [2.05, 4.69) is 0 Å². The molecule has 11 heteroatoms. The molecule has 1 aromatic rings. The van der Waals surface area contributed by atoms with Gasteiger partial charge < -0.3 is 10.4 Å². The van der Waals surface area contributed by atoms with Crippen molar-refractivity contribution in [2.45, 2.75) is 23.5 Å². The van der Waals surface area contributed by atoms with E-state index in [-0.39, 0.29) is 10.5 Å². The van der Waals surface area contributed by atoms with Crippen molar-refractivity contribution in [3.8, 4) is 0 Å². The molecule has 1 aromatic carbocycles. The topological polar surface area (TPSA) is 101 Å². The zero-order valence-corrected chi connectivity index (χ0v) is 12.2. The lowest BCUT2D eigenvalue weighted by Crippen LogP contribution is -2.47.